The summed E-state index contributed by atoms with van der Waals surface area (Å²) in [5, 5.41) is 3.02. The second-order valence-electron chi connectivity index (χ2n) is 14.9. The molecule has 1 saturated carbocycles. The minimum atomic E-state index is -0.919. The Morgan fingerprint density at radius 2 is 1.77 bits per heavy atom. The quantitative estimate of drug-likeness (QED) is 0.169. The van der Waals surface area contributed by atoms with Gasteiger partial charge in [0.15, 0.2) is 17.8 Å². The van der Waals surface area contributed by atoms with Crippen molar-refractivity contribution in [3.63, 3.8) is 0 Å². The molecule has 6 rings (SSSR count). The number of nitrogens with zero attached hydrogens (tertiary/aromatic N) is 3. The van der Waals surface area contributed by atoms with E-state index in [9.17, 15) is 9.59 Å². The molecule has 2 fully saturated rings. The normalized spacial score (nSPS) is 24.2. The Bertz CT molecular complexity index is 1820. The van der Waals surface area contributed by atoms with E-state index < -0.39 is 5.79 Å². The summed E-state index contributed by atoms with van der Waals surface area (Å²) >= 11 is 1.48. The van der Waals surface area contributed by atoms with Gasteiger partial charge in [0.25, 0.3) is 17.3 Å². The number of aromatic amines is 1. The molecule has 1 unspecified atom stereocenters. The summed E-state index contributed by atoms with van der Waals surface area (Å²) in [4.78, 5) is 40.0. The van der Waals surface area contributed by atoms with Gasteiger partial charge in [-0.2, -0.15) is 0 Å². The summed E-state index contributed by atoms with van der Waals surface area (Å²) < 4.78 is 30.5. The van der Waals surface area contributed by atoms with Crippen molar-refractivity contribution in [3.8, 4) is 22.6 Å². The molecular formula is C40H55N5O7S. The molecular weight excluding hydrogens is 695 g/mol. The molecule has 3 atom stereocenters. The van der Waals surface area contributed by atoms with Crippen LogP contribution in [0.4, 0.5) is 5.82 Å². The predicted molar refractivity (Wildman–Crippen MR) is 207 cm³/mol. The van der Waals surface area contributed by atoms with E-state index in [1.165, 1.54) is 11.8 Å². The lowest BCUT2D eigenvalue weighted by molar-refractivity contribution is -0.133. The van der Waals surface area contributed by atoms with E-state index in [-0.39, 0.29) is 42.4 Å². The maximum absolute atomic E-state index is 14.0. The molecule has 2 aromatic heterocycles. The van der Waals surface area contributed by atoms with Gasteiger partial charge in [0.05, 0.1) is 12.2 Å². The van der Waals surface area contributed by atoms with E-state index in [1.807, 2.05) is 57.5 Å². The molecule has 3 aliphatic rings. The van der Waals surface area contributed by atoms with Crippen molar-refractivity contribution < 1.29 is 28.5 Å². The third kappa shape index (κ3) is 8.39. The highest BCUT2D eigenvalue weighted by molar-refractivity contribution is 7.98. The van der Waals surface area contributed by atoms with Crippen molar-refractivity contribution in [2.45, 2.75) is 102 Å². The number of hydrogen-bond acceptors (Lipinski definition) is 11. The van der Waals surface area contributed by atoms with Crippen LogP contribution in [-0.2, 0) is 20.8 Å². The standard InChI is InChI=1S/C40H55N5O7S/c1-23-16-33(53-9)32(39(47)43-23)19-42-38(46)30-17-31(27-10-15-34(41-18-27)45-20-24(2)50-25(3)21-45)37-36(26(30)4)51-40(5,52-37)28-11-13-29(14-12-28)44(6)22-35(48-7)49-8/h10,15-18,24-25,28-29,35H,11-14,19-22H2,1-9H3,(H,42,46)(H,43,47)/t24-,25+,28-,29-,40?. The molecule has 1 aromatic carbocycles. The van der Waals surface area contributed by atoms with E-state index in [2.05, 4.69) is 41.0 Å². The first-order valence-corrected chi connectivity index (χ1v) is 19.8. The average molecular weight is 750 g/mol. The van der Waals surface area contributed by atoms with E-state index in [1.54, 1.807) is 14.2 Å². The molecule has 3 aromatic rings. The number of rotatable bonds is 12. The number of thioether (sulfide) groups is 1. The minimum Gasteiger partial charge on any atom is -0.448 e. The monoisotopic (exact) mass is 749 g/mol. The third-order valence-electron chi connectivity index (χ3n) is 11.0. The maximum Gasteiger partial charge on any atom is 0.254 e. The Morgan fingerprint density at radius 1 is 1.09 bits per heavy atom. The number of carbonyl (C=O) groups excluding carboxylic acids is 1. The fourth-order valence-corrected chi connectivity index (χ4v) is 8.77. The van der Waals surface area contributed by atoms with Crippen LogP contribution < -0.4 is 25.2 Å². The summed E-state index contributed by atoms with van der Waals surface area (Å²) in [6, 6.07) is 8.24. The first-order chi connectivity index (χ1) is 25.3. The highest BCUT2D eigenvalue weighted by atomic mass is 32.2. The van der Waals surface area contributed by atoms with Crippen LogP contribution in [0.25, 0.3) is 11.1 Å². The van der Waals surface area contributed by atoms with E-state index in [4.69, 9.17) is 28.7 Å². The van der Waals surface area contributed by atoms with Crippen LogP contribution in [0, 0.1) is 19.8 Å². The fourth-order valence-electron chi connectivity index (χ4n) is 8.07. The molecule has 4 heterocycles. The molecule has 1 amide bonds. The van der Waals surface area contributed by atoms with Gasteiger partial charge in [-0.25, -0.2) is 4.98 Å². The second-order valence-corrected chi connectivity index (χ2v) is 15.7. The molecule has 12 nitrogen and oxygen atoms in total. The van der Waals surface area contributed by atoms with Gasteiger partial charge in [-0.05, 0) is 90.9 Å². The Hall–Kier alpha value is -3.62. The summed E-state index contributed by atoms with van der Waals surface area (Å²) in [6.45, 7) is 12.2. The van der Waals surface area contributed by atoms with Crippen molar-refractivity contribution in [2.75, 3.05) is 52.1 Å². The second kappa shape index (κ2) is 16.4. The lowest BCUT2D eigenvalue weighted by atomic mass is 9.81. The zero-order valence-electron chi connectivity index (χ0n) is 32.5. The van der Waals surface area contributed by atoms with Crippen LogP contribution in [0.3, 0.4) is 0 Å². The first kappa shape index (κ1) is 39.1. The molecule has 1 saturated heterocycles. The average Bonchev–Trinajstić information content (AvgIpc) is 3.52. The van der Waals surface area contributed by atoms with Gasteiger partial charge in [-0.3, -0.25) is 14.5 Å². The number of aryl methyl sites for hydroxylation is 1. The van der Waals surface area contributed by atoms with Gasteiger partial charge in [0.1, 0.15) is 5.82 Å². The van der Waals surface area contributed by atoms with Gasteiger partial charge in [0.2, 0.25) is 0 Å². The van der Waals surface area contributed by atoms with Crippen LogP contribution in [0.1, 0.15) is 73.6 Å². The van der Waals surface area contributed by atoms with Crippen molar-refractivity contribution in [3.05, 3.63) is 63.2 Å². The predicted octanol–water partition coefficient (Wildman–Crippen LogP) is 5.92. The lowest BCUT2D eigenvalue weighted by Gasteiger charge is -2.40. The number of H-pyrrole nitrogens is 1. The van der Waals surface area contributed by atoms with Crippen LogP contribution in [0.5, 0.6) is 11.5 Å². The largest absolute Gasteiger partial charge is 0.448 e. The molecule has 13 heteroatoms. The Morgan fingerprint density at radius 3 is 2.40 bits per heavy atom. The lowest BCUT2D eigenvalue weighted by Crippen LogP contribution is -2.48. The van der Waals surface area contributed by atoms with E-state index >= 15 is 0 Å². The Labute approximate surface area is 317 Å². The number of amides is 1. The highest BCUT2D eigenvalue weighted by Gasteiger charge is 2.48. The highest BCUT2D eigenvalue weighted by Crippen LogP contribution is 2.53. The number of aromatic nitrogens is 2. The number of fused-ring (bicyclic) bond motifs is 1. The number of nitrogens with one attached hydrogen (secondary N) is 2. The number of methoxy groups -OCH3 is 2. The zero-order chi connectivity index (χ0) is 38.0. The van der Waals surface area contributed by atoms with Gasteiger partial charge in [-0.15, -0.1) is 11.8 Å². The number of benzene rings is 1. The van der Waals surface area contributed by atoms with Gasteiger partial charge < -0.3 is 38.9 Å². The smallest absolute Gasteiger partial charge is 0.254 e. The third-order valence-corrected chi connectivity index (χ3v) is 11.8. The molecule has 53 heavy (non-hydrogen) atoms. The van der Waals surface area contributed by atoms with Gasteiger partial charge >= 0.3 is 0 Å². The number of ether oxygens (including phenoxy) is 5. The Kier molecular flexibility index (Phi) is 12.1. The molecule has 0 radical (unpaired) electrons. The summed E-state index contributed by atoms with van der Waals surface area (Å²) in [7, 11) is 5.45. The van der Waals surface area contributed by atoms with E-state index in [0.29, 0.717) is 40.8 Å². The summed E-state index contributed by atoms with van der Waals surface area (Å²) in [5.41, 5.74) is 3.79. The number of pyridine rings is 2. The number of hydrogen-bond donors (Lipinski definition) is 2. The number of likely N-dealkylation sites (N-methyl/N-ethyl adjacent to an activating group) is 1. The molecule has 0 spiro atoms. The van der Waals surface area contributed by atoms with Gasteiger partial charge in [-0.1, -0.05) is 0 Å². The Balaban J connectivity index is 1.29. The molecule has 288 valence electrons. The fraction of sp³-hybridized carbons (Fsp3) is 0.575. The minimum absolute atomic E-state index is 0.0887. The van der Waals surface area contributed by atoms with E-state index in [0.717, 1.165) is 66.3 Å². The van der Waals surface area contributed by atoms with Crippen LogP contribution in [0.2, 0.25) is 0 Å². The summed E-state index contributed by atoms with van der Waals surface area (Å²) in [5.74, 6) is 0.968. The molecule has 2 N–H and O–H groups in total. The summed E-state index contributed by atoms with van der Waals surface area (Å²) in [6.07, 6.45) is 7.52. The molecule has 2 aliphatic heterocycles. The first-order valence-electron chi connectivity index (χ1n) is 18.6. The number of anilines is 1. The molecule has 0 bridgehead atoms. The van der Waals surface area contributed by atoms with Gasteiger partial charge in [0, 0.05) is 104 Å². The zero-order valence-corrected chi connectivity index (χ0v) is 33.4. The van der Waals surface area contributed by atoms with Crippen molar-refractivity contribution in [1.82, 2.24) is 20.2 Å². The van der Waals surface area contributed by atoms with Crippen LogP contribution in [0.15, 0.2) is 40.2 Å². The number of morpholine rings is 1. The van der Waals surface area contributed by atoms with Crippen LogP contribution >= 0.6 is 11.8 Å². The van der Waals surface area contributed by atoms with Crippen molar-refractivity contribution in [1.29, 1.82) is 0 Å². The number of carbonyl (C=O) groups is 1. The maximum atomic E-state index is 14.0. The van der Waals surface area contributed by atoms with Crippen LogP contribution in [-0.4, -0.2) is 98.3 Å². The SMILES string of the molecule is COC(CN(C)[C@H]1CC[C@H](C2(C)Oc3c(-c4ccc(N5C[C@@H](C)O[C@@H](C)C5)nc4)cc(C(=O)NCc4c(SC)cc(C)[nH]c4=O)c(C)c3O2)CC1)OC. The topological polar surface area (TPSA) is 127 Å². The molecule has 1 aliphatic carbocycles. The van der Waals surface area contributed by atoms with Crippen molar-refractivity contribution in [2.24, 2.45) is 5.92 Å². The van der Waals surface area contributed by atoms with Crippen molar-refractivity contribution >= 4 is 23.5 Å².